The van der Waals surface area contributed by atoms with E-state index in [9.17, 15) is 0 Å². The van der Waals surface area contributed by atoms with Crippen molar-refractivity contribution in [2.24, 2.45) is 5.41 Å². The smallest absolute Gasteiger partial charge is 0.122 e. The summed E-state index contributed by atoms with van der Waals surface area (Å²) in [6, 6.07) is 16.6. The largest absolute Gasteiger partial charge is 0.497 e. The predicted octanol–water partition coefficient (Wildman–Crippen LogP) is 4.52. The Hall–Kier alpha value is -1.96. The van der Waals surface area contributed by atoms with E-state index >= 15 is 0 Å². The Morgan fingerprint density at radius 2 is 1.57 bits per heavy atom. The number of hydrogen-bond donors (Lipinski definition) is 0. The molecule has 0 atom stereocenters. The molecule has 0 aliphatic rings. The van der Waals surface area contributed by atoms with Gasteiger partial charge in [-0.1, -0.05) is 44.2 Å². The Kier molecular flexibility index (Phi) is 4.89. The number of methoxy groups -OCH3 is 2. The minimum absolute atomic E-state index is 0.154. The summed E-state index contributed by atoms with van der Waals surface area (Å²) < 4.78 is 10.8. The fourth-order valence-electron chi connectivity index (χ4n) is 2.75. The standard InChI is InChI=1S/C19H24O2/c1-19(2,13-15-8-6-5-7-9-15)14-16-12-17(20-3)10-11-18(16)21-4/h5-12H,13-14H2,1-4H3. The minimum atomic E-state index is 0.154. The number of benzene rings is 2. The van der Waals surface area contributed by atoms with Gasteiger partial charge in [0.15, 0.2) is 0 Å². The second kappa shape index (κ2) is 6.66. The van der Waals surface area contributed by atoms with Crippen LogP contribution in [0.1, 0.15) is 25.0 Å². The molecule has 0 N–H and O–H groups in total. The molecule has 0 bridgehead atoms. The van der Waals surface area contributed by atoms with Gasteiger partial charge in [-0.15, -0.1) is 0 Å². The second-order valence-corrected chi connectivity index (χ2v) is 6.18. The van der Waals surface area contributed by atoms with Crippen molar-refractivity contribution in [1.29, 1.82) is 0 Å². The van der Waals surface area contributed by atoms with Gasteiger partial charge in [0.25, 0.3) is 0 Å². The van der Waals surface area contributed by atoms with E-state index in [4.69, 9.17) is 9.47 Å². The van der Waals surface area contributed by atoms with E-state index < -0.39 is 0 Å². The highest BCUT2D eigenvalue weighted by atomic mass is 16.5. The molecule has 2 aromatic rings. The lowest BCUT2D eigenvalue weighted by Gasteiger charge is -2.26. The maximum atomic E-state index is 5.49. The first-order valence-corrected chi connectivity index (χ1v) is 7.29. The summed E-state index contributed by atoms with van der Waals surface area (Å²) in [7, 11) is 3.41. The van der Waals surface area contributed by atoms with Gasteiger partial charge in [0.05, 0.1) is 14.2 Å². The fourth-order valence-corrected chi connectivity index (χ4v) is 2.75. The maximum Gasteiger partial charge on any atom is 0.122 e. The lowest BCUT2D eigenvalue weighted by molar-refractivity contribution is 0.344. The summed E-state index contributed by atoms with van der Waals surface area (Å²) in [6.07, 6.45) is 1.98. The number of rotatable bonds is 6. The van der Waals surface area contributed by atoms with E-state index in [0.717, 1.165) is 24.3 Å². The molecule has 2 heteroatoms. The zero-order chi connectivity index (χ0) is 15.3. The van der Waals surface area contributed by atoms with Crippen LogP contribution in [-0.4, -0.2) is 14.2 Å². The highest BCUT2D eigenvalue weighted by Gasteiger charge is 2.21. The number of ether oxygens (including phenoxy) is 2. The molecule has 0 aromatic heterocycles. The summed E-state index contributed by atoms with van der Waals surface area (Å²) in [5.74, 6) is 1.80. The molecule has 0 saturated carbocycles. The Labute approximate surface area is 127 Å². The van der Waals surface area contributed by atoms with Crippen LogP contribution in [0.2, 0.25) is 0 Å². The van der Waals surface area contributed by atoms with Crippen molar-refractivity contribution < 1.29 is 9.47 Å². The molecule has 0 spiro atoms. The zero-order valence-corrected chi connectivity index (χ0v) is 13.3. The van der Waals surface area contributed by atoms with Crippen LogP contribution < -0.4 is 9.47 Å². The Balaban J connectivity index is 2.19. The molecule has 0 amide bonds. The van der Waals surface area contributed by atoms with Crippen molar-refractivity contribution in [3.8, 4) is 11.5 Å². The van der Waals surface area contributed by atoms with Crippen molar-refractivity contribution in [2.75, 3.05) is 14.2 Å². The van der Waals surface area contributed by atoms with E-state index in [-0.39, 0.29) is 5.41 Å². The van der Waals surface area contributed by atoms with E-state index in [0.29, 0.717) is 0 Å². The fraction of sp³-hybridized carbons (Fsp3) is 0.368. The second-order valence-electron chi connectivity index (χ2n) is 6.18. The summed E-state index contributed by atoms with van der Waals surface area (Å²) in [5, 5.41) is 0. The summed E-state index contributed by atoms with van der Waals surface area (Å²) >= 11 is 0. The third kappa shape index (κ3) is 4.25. The van der Waals surface area contributed by atoms with Crippen molar-refractivity contribution in [3.05, 3.63) is 59.7 Å². The molecule has 112 valence electrons. The van der Waals surface area contributed by atoms with Crippen LogP contribution in [0.15, 0.2) is 48.5 Å². The first-order valence-electron chi connectivity index (χ1n) is 7.29. The van der Waals surface area contributed by atoms with Crippen molar-refractivity contribution in [2.45, 2.75) is 26.7 Å². The first-order chi connectivity index (χ1) is 10.0. The van der Waals surface area contributed by atoms with Crippen LogP contribution in [-0.2, 0) is 12.8 Å². The van der Waals surface area contributed by atoms with Crippen LogP contribution in [0.5, 0.6) is 11.5 Å². The molecule has 0 fully saturated rings. The van der Waals surface area contributed by atoms with Crippen LogP contribution in [0.4, 0.5) is 0 Å². The van der Waals surface area contributed by atoms with E-state index in [2.05, 4.69) is 50.2 Å². The lowest BCUT2D eigenvalue weighted by Crippen LogP contribution is -2.19. The van der Waals surface area contributed by atoms with Crippen LogP contribution >= 0.6 is 0 Å². The summed E-state index contributed by atoms with van der Waals surface area (Å²) in [5.41, 5.74) is 2.71. The molecule has 0 heterocycles. The average molecular weight is 284 g/mol. The summed E-state index contributed by atoms with van der Waals surface area (Å²) in [4.78, 5) is 0. The van der Waals surface area contributed by atoms with E-state index in [1.165, 1.54) is 11.1 Å². The van der Waals surface area contributed by atoms with E-state index in [1.54, 1.807) is 14.2 Å². The molecule has 0 unspecified atom stereocenters. The normalized spacial score (nSPS) is 11.2. The first kappa shape index (κ1) is 15.4. The molecule has 21 heavy (non-hydrogen) atoms. The molecule has 0 aliphatic heterocycles. The van der Waals surface area contributed by atoms with Gasteiger partial charge in [0.1, 0.15) is 11.5 Å². The quantitative estimate of drug-likeness (QED) is 0.776. The lowest BCUT2D eigenvalue weighted by atomic mass is 9.80. The monoisotopic (exact) mass is 284 g/mol. The molecule has 2 rings (SSSR count). The highest BCUT2D eigenvalue weighted by molar-refractivity contribution is 5.41. The Morgan fingerprint density at radius 1 is 0.857 bits per heavy atom. The number of hydrogen-bond acceptors (Lipinski definition) is 2. The van der Waals surface area contributed by atoms with Crippen molar-refractivity contribution >= 4 is 0 Å². The van der Waals surface area contributed by atoms with Crippen molar-refractivity contribution in [3.63, 3.8) is 0 Å². The van der Waals surface area contributed by atoms with Gasteiger partial charge in [-0.2, -0.15) is 0 Å². The van der Waals surface area contributed by atoms with Gasteiger partial charge >= 0.3 is 0 Å². The van der Waals surface area contributed by atoms with E-state index in [1.807, 2.05) is 12.1 Å². The molecule has 2 nitrogen and oxygen atoms in total. The molecule has 0 aliphatic carbocycles. The molecule has 0 saturated heterocycles. The topological polar surface area (TPSA) is 18.5 Å². The zero-order valence-electron chi connectivity index (χ0n) is 13.3. The molecule has 0 radical (unpaired) electrons. The van der Waals surface area contributed by atoms with Gasteiger partial charge in [0.2, 0.25) is 0 Å². The predicted molar refractivity (Wildman–Crippen MR) is 87.2 cm³/mol. The van der Waals surface area contributed by atoms with Gasteiger partial charge in [0, 0.05) is 0 Å². The summed E-state index contributed by atoms with van der Waals surface area (Å²) in [6.45, 7) is 4.58. The van der Waals surface area contributed by atoms with Gasteiger partial charge in [-0.3, -0.25) is 0 Å². The molecular formula is C19H24O2. The third-order valence-corrected chi connectivity index (χ3v) is 3.68. The molecule has 2 aromatic carbocycles. The maximum absolute atomic E-state index is 5.49. The van der Waals surface area contributed by atoms with Crippen LogP contribution in [0.25, 0.3) is 0 Å². The highest BCUT2D eigenvalue weighted by Crippen LogP contribution is 2.33. The SMILES string of the molecule is COc1ccc(OC)c(CC(C)(C)Cc2ccccc2)c1. The van der Waals surface area contributed by atoms with Crippen molar-refractivity contribution in [1.82, 2.24) is 0 Å². The van der Waals surface area contributed by atoms with Crippen LogP contribution in [0.3, 0.4) is 0 Å². The van der Waals surface area contributed by atoms with Crippen LogP contribution in [0, 0.1) is 5.41 Å². The third-order valence-electron chi connectivity index (χ3n) is 3.68. The Bertz CT molecular complexity index is 573. The average Bonchev–Trinajstić information content (AvgIpc) is 2.47. The molecular weight excluding hydrogens is 260 g/mol. The van der Waals surface area contributed by atoms with Gasteiger partial charge in [-0.25, -0.2) is 0 Å². The van der Waals surface area contributed by atoms with Gasteiger partial charge in [-0.05, 0) is 47.6 Å². The van der Waals surface area contributed by atoms with Gasteiger partial charge < -0.3 is 9.47 Å². The Morgan fingerprint density at radius 3 is 2.19 bits per heavy atom. The minimum Gasteiger partial charge on any atom is -0.497 e.